The van der Waals surface area contributed by atoms with Crippen molar-refractivity contribution >= 4 is 17.5 Å². The smallest absolute Gasteiger partial charge is 0.251 e. The number of nitrogens with two attached hydrogens (primary N) is 1. The largest absolute Gasteiger partial charge is 0.385 e. The van der Waals surface area contributed by atoms with Crippen LogP contribution >= 0.6 is 0 Å². The SMILES string of the molecule is CCCNc1ccc(C(=O)NCCOCC(N)=O)cc1C. The van der Waals surface area contributed by atoms with Gasteiger partial charge in [-0.2, -0.15) is 0 Å². The average molecular weight is 293 g/mol. The van der Waals surface area contributed by atoms with Crippen LogP contribution in [0.25, 0.3) is 0 Å². The summed E-state index contributed by atoms with van der Waals surface area (Å²) in [4.78, 5) is 22.4. The van der Waals surface area contributed by atoms with Crippen molar-refractivity contribution in [3.8, 4) is 0 Å². The fourth-order valence-corrected chi connectivity index (χ4v) is 1.77. The summed E-state index contributed by atoms with van der Waals surface area (Å²) in [6, 6.07) is 5.53. The Labute approximate surface area is 125 Å². The Bertz CT molecular complexity index is 489. The number of carbonyl (C=O) groups is 2. The third-order valence-electron chi connectivity index (χ3n) is 2.83. The molecule has 0 heterocycles. The second-order valence-electron chi connectivity index (χ2n) is 4.73. The second-order valence-corrected chi connectivity index (χ2v) is 4.73. The molecule has 0 saturated heterocycles. The van der Waals surface area contributed by atoms with Gasteiger partial charge < -0.3 is 21.1 Å². The highest BCUT2D eigenvalue weighted by Crippen LogP contribution is 2.16. The summed E-state index contributed by atoms with van der Waals surface area (Å²) in [5.41, 5.74) is 7.60. The predicted molar refractivity (Wildman–Crippen MR) is 82.3 cm³/mol. The van der Waals surface area contributed by atoms with E-state index in [1.807, 2.05) is 19.1 Å². The van der Waals surface area contributed by atoms with Gasteiger partial charge in [-0.15, -0.1) is 0 Å². The zero-order chi connectivity index (χ0) is 15.7. The average Bonchev–Trinajstić information content (AvgIpc) is 2.45. The molecule has 0 aliphatic carbocycles. The molecule has 6 heteroatoms. The molecule has 0 bridgehead atoms. The van der Waals surface area contributed by atoms with Crippen LogP contribution < -0.4 is 16.4 Å². The molecule has 21 heavy (non-hydrogen) atoms. The van der Waals surface area contributed by atoms with Crippen LogP contribution in [-0.4, -0.2) is 38.1 Å². The molecule has 1 rings (SSSR count). The molecule has 0 aliphatic rings. The molecule has 116 valence electrons. The van der Waals surface area contributed by atoms with E-state index in [1.165, 1.54) is 0 Å². The zero-order valence-electron chi connectivity index (χ0n) is 12.6. The van der Waals surface area contributed by atoms with Gasteiger partial charge in [0, 0.05) is 24.3 Å². The molecule has 0 spiro atoms. The predicted octanol–water partition coefficient (Wildman–Crippen LogP) is 1.05. The van der Waals surface area contributed by atoms with Crippen molar-refractivity contribution in [1.29, 1.82) is 0 Å². The third kappa shape index (κ3) is 6.27. The van der Waals surface area contributed by atoms with Crippen molar-refractivity contribution in [3.63, 3.8) is 0 Å². The van der Waals surface area contributed by atoms with Crippen LogP contribution in [0.15, 0.2) is 18.2 Å². The number of rotatable bonds is 9. The minimum atomic E-state index is -0.521. The summed E-state index contributed by atoms with van der Waals surface area (Å²) < 4.78 is 4.97. The minimum Gasteiger partial charge on any atom is -0.385 e. The van der Waals surface area contributed by atoms with E-state index in [0.717, 1.165) is 24.2 Å². The molecule has 0 saturated carbocycles. The van der Waals surface area contributed by atoms with Gasteiger partial charge in [-0.3, -0.25) is 9.59 Å². The van der Waals surface area contributed by atoms with Crippen molar-refractivity contribution in [2.45, 2.75) is 20.3 Å². The normalized spacial score (nSPS) is 10.2. The van der Waals surface area contributed by atoms with Crippen molar-refractivity contribution in [2.75, 3.05) is 31.6 Å². The molecule has 0 unspecified atom stereocenters. The molecular weight excluding hydrogens is 270 g/mol. The molecule has 4 N–H and O–H groups in total. The fourth-order valence-electron chi connectivity index (χ4n) is 1.77. The first-order valence-electron chi connectivity index (χ1n) is 7.03. The number of hydrogen-bond acceptors (Lipinski definition) is 4. The molecule has 2 amide bonds. The van der Waals surface area contributed by atoms with Gasteiger partial charge in [-0.25, -0.2) is 0 Å². The summed E-state index contributed by atoms with van der Waals surface area (Å²) >= 11 is 0. The Hall–Kier alpha value is -2.08. The molecule has 0 aromatic heterocycles. The summed E-state index contributed by atoms with van der Waals surface area (Å²) in [5, 5.41) is 6.03. The third-order valence-corrected chi connectivity index (χ3v) is 2.83. The number of carbonyl (C=O) groups excluding carboxylic acids is 2. The number of nitrogens with one attached hydrogen (secondary N) is 2. The van der Waals surface area contributed by atoms with E-state index in [4.69, 9.17) is 10.5 Å². The summed E-state index contributed by atoms with van der Waals surface area (Å²) in [7, 11) is 0. The first kappa shape index (κ1) is 17.0. The molecular formula is C15H23N3O3. The zero-order valence-corrected chi connectivity index (χ0v) is 12.6. The van der Waals surface area contributed by atoms with Crippen molar-refractivity contribution in [1.82, 2.24) is 5.32 Å². The molecule has 0 radical (unpaired) electrons. The van der Waals surface area contributed by atoms with Gasteiger partial charge in [-0.1, -0.05) is 6.92 Å². The van der Waals surface area contributed by atoms with Crippen LogP contribution in [0.4, 0.5) is 5.69 Å². The number of amides is 2. The Kier molecular flexibility index (Phi) is 7.25. The number of ether oxygens (including phenoxy) is 1. The topological polar surface area (TPSA) is 93.4 Å². The number of hydrogen-bond donors (Lipinski definition) is 3. The maximum absolute atomic E-state index is 11.9. The monoisotopic (exact) mass is 293 g/mol. The van der Waals surface area contributed by atoms with E-state index < -0.39 is 5.91 Å². The number of aryl methyl sites for hydroxylation is 1. The molecule has 0 aliphatic heterocycles. The molecule has 0 atom stereocenters. The van der Waals surface area contributed by atoms with Crippen LogP contribution in [0.5, 0.6) is 0 Å². The highest BCUT2D eigenvalue weighted by Gasteiger charge is 2.07. The van der Waals surface area contributed by atoms with E-state index >= 15 is 0 Å². The van der Waals surface area contributed by atoms with Gasteiger partial charge in [-0.05, 0) is 37.1 Å². The van der Waals surface area contributed by atoms with Gasteiger partial charge in [0.05, 0.1) is 6.61 Å². The Morgan fingerprint density at radius 3 is 2.67 bits per heavy atom. The molecule has 1 aromatic carbocycles. The lowest BCUT2D eigenvalue weighted by Gasteiger charge is -2.11. The molecule has 1 aromatic rings. The lowest BCUT2D eigenvalue weighted by atomic mass is 10.1. The Balaban J connectivity index is 2.43. The lowest BCUT2D eigenvalue weighted by Crippen LogP contribution is -2.28. The highest BCUT2D eigenvalue weighted by atomic mass is 16.5. The van der Waals surface area contributed by atoms with Crippen molar-refractivity contribution < 1.29 is 14.3 Å². The van der Waals surface area contributed by atoms with Crippen LogP contribution in [0, 0.1) is 6.92 Å². The van der Waals surface area contributed by atoms with Crippen LogP contribution in [0.2, 0.25) is 0 Å². The Morgan fingerprint density at radius 1 is 1.29 bits per heavy atom. The van der Waals surface area contributed by atoms with E-state index in [0.29, 0.717) is 12.1 Å². The van der Waals surface area contributed by atoms with Gasteiger partial charge in [0.1, 0.15) is 6.61 Å². The first-order valence-corrected chi connectivity index (χ1v) is 7.03. The quantitative estimate of drug-likeness (QED) is 0.593. The fraction of sp³-hybridized carbons (Fsp3) is 0.467. The Morgan fingerprint density at radius 2 is 2.05 bits per heavy atom. The second kappa shape index (κ2) is 8.97. The van der Waals surface area contributed by atoms with E-state index in [-0.39, 0.29) is 19.1 Å². The van der Waals surface area contributed by atoms with Crippen molar-refractivity contribution in [3.05, 3.63) is 29.3 Å². The van der Waals surface area contributed by atoms with Crippen molar-refractivity contribution in [2.24, 2.45) is 5.73 Å². The maximum Gasteiger partial charge on any atom is 0.251 e. The number of benzene rings is 1. The van der Waals surface area contributed by atoms with Crippen LogP contribution in [0.1, 0.15) is 29.3 Å². The number of anilines is 1. The standard InChI is InChI=1S/C15H23N3O3/c1-3-6-17-13-5-4-12(9-11(13)2)15(20)18-7-8-21-10-14(16)19/h4-5,9,17H,3,6-8,10H2,1-2H3,(H2,16,19)(H,18,20). The number of primary amides is 1. The van der Waals surface area contributed by atoms with Gasteiger partial charge in [0.25, 0.3) is 5.91 Å². The van der Waals surface area contributed by atoms with E-state index in [9.17, 15) is 9.59 Å². The van der Waals surface area contributed by atoms with Gasteiger partial charge >= 0.3 is 0 Å². The maximum atomic E-state index is 11.9. The molecule has 6 nitrogen and oxygen atoms in total. The minimum absolute atomic E-state index is 0.132. The van der Waals surface area contributed by atoms with Crippen LogP contribution in [0.3, 0.4) is 0 Å². The molecule has 0 fully saturated rings. The van der Waals surface area contributed by atoms with Crippen LogP contribution in [-0.2, 0) is 9.53 Å². The first-order chi connectivity index (χ1) is 10.0. The van der Waals surface area contributed by atoms with E-state index in [1.54, 1.807) is 6.07 Å². The summed E-state index contributed by atoms with van der Waals surface area (Å²) in [5.74, 6) is -0.685. The van der Waals surface area contributed by atoms with Gasteiger partial charge in [0.2, 0.25) is 5.91 Å². The summed E-state index contributed by atoms with van der Waals surface area (Å²) in [6.45, 7) is 5.43. The summed E-state index contributed by atoms with van der Waals surface area (Å²) in [6.07, 6.45) is 1.05. The highest BCUT2D eigenvalue weighted by molar-refractivity contribution is 5.94. The lowest BCUT2D eigenvalue weighted by molar-refractivity contribution is -0.122. The van der Waals surface area contributed by atoms with E-state index in [2.05, 4.69) is 17.6 Å². The van der Waals surface area contributed by atoms with Gasteiger partial charge in [0.15, 0.2) is 0 Å².